The summed E-state index contributed by atoms with van der Waals surface area (Å²) in [5.41, 5.74) is 5.52. The van der Waals surface area contributed by atoms with Crippen molar-refractivity contribution in [1.29, 1.82) is 0 Å². The number of nitrogens with zero attached hydrogens (tertiary/aromatic N) is 1. The van der Waals surface area contributed by atoms with Crippen molar-refractivity contribution in [3.8, 4) is 11.5 Å². The van der Waals surface area contributed by atoms with E-state index in [-0.39, 0.29) is 24.1 Å². The number of nitrogens with two attached hydrogens (primary N) is 1. The summed E-state index contributed by atoms with van der Waals surface area (Å²) < 4.78 is 11.5. The van der Waals surface area contributed by atoms with Crippen molar-refractivity contribution in [3.63, 3.8) is 0 Å². The predicted molar refractivity (Wildman–Crippen MR) is 91.2 cm³/mol. The lowest BCUT2D eigenvalue weighted by Gasteiger charge is -2.62. The number of aliphatic hydroxyl groups is 1. The number of Topliss-reactive ketones (excluding diaryl/α,β-unsaturated/α-hetero) is 1. The van der Waals surface area contributed by atoms with Crippen LogP contribution >= 0.6 is 0 Å². The largest absolute Gasteiger partial charge is 0.477 e. The lowest BCUT2D eigenvalue weighted by Crippen LogP contribution is -2.76. The first kappa shape index (κ1) is 16.2. The first-order valence-electron chi connectivity index (χ1n) is 9.11. The van der Waals surface area contributed by atoms with Crippen LogP contribution in [-0.2, 0) is 21.4 Å². The average Bonchev–Trinajstić information content (AvgIpc) is 2.98. The summed E-state index contributed by atoms with van der Waals surface area (Å²) in [4.78, 5) is 26.7. The molecule has 0 unspecified atom stereocenters. The van der Waals surface area contributed by atoms with Gasteiger partial charge in [0.25, 0.3) is 0 Å². The van der Waals surface area contributed by atoms with Gasteiger partial charge >= 0.3 is 5.97 Å². The monoisotopic (exact) mass is 358 g/mol. The minimum absolute atomic E-state index is 0.0122. The van der Waals surface area contributed by atoms with Crippen LogP contribution in [0.1, 0.15) is 30.4 Å². The molecule has 0 aromatic heterocycles. The second-order valence-corrected chi connectivity index (χ2v) is 7.92. The van der Waals surface area contributed by atoms with E-state index >= 15 is 0 Å². The van der Waals surface area contributed by atoms with Gasteiger partial charge < -0.3 is 25.2 Å². The highest BCUT2D eigenvalue weighted by atomic mass is 16.6. The van der Waals surface area contributed by atoms with Gasteiger partial charge in [-0.15, -0.1) is 0 Å². The quantitative estimate of drug-likeness (QED) is 0.562. The number of rotatable bonds is 2. The minimum atomic E-state index is -1.02. The van der Waals surface area contributed by atoms with E-state index in [1.54, 1.807) is 6.07 Å². The summed E-state index contributed by atoms with van der Waals surface area (Å²) in [5.74, 6) is 0.176. The maximum absolute atomic E-state index is 12.8. The Bertz CT molecular complexity index is 839. The third-order valence-corrected chi connectivity index (χ3v) is 6.90. The Labute approximate surface area is 151 Å². The van der Waals surface area contributed by atoms with Crippen LogP contribution in [0.2, 0.25) is 0 Å². The van der Waals surface area contributed by atoms with E-state index in [1.165, 1.54) is 0 Å². The number of hydrogen-bond donors (Lipinski definition) is 2. The van der Waals surface area contributed by atoms with Crippen LogP contribution in [0.15, 0.2) is 12.1 Å². The van der Waals surface area contributed by atoms with Crippen LogP contribution in [0.25, 0.3) is 0 Å². The number of likely N-dealkylation sites (N-methyl/N-ethyl adjacent to an activating group) is 1. The molecule has 1 saturated carbocycles. The van der Waals surface area contributed by atoms with Crippen LogP contribution in [0.4, 0.5) is 0 Å². The van der Waals surface area contributed by atoms with E-state index < -0.39 is 23.1 Å². The number of carbonyl (C=O) groups is 2. The standard InChI is InChI=1S/C19H22N2O5/c1-21-7-6-18-15-10-2-3-12(25-14(23)9-20)16(15)26-17(18)11(22)4-5-19(18,24)13(21)8-10/h2-3,13,17,24H,4-9,20H2,1H3/t13-,17+,18+,19-/m1/s1. The Morgan fingerprint density at radius 1 is 1.46 bits per heavy atom. The van der Waals surface area contributed by atoms with Gasteiger partial charge in [0, 0.05) is 18.0 Å². The summed E-state index contributed by atoms with van der Waals surface area (Å²) in [6.45, 7) is 0.548. The van der Waals surface area contributed by atoms with E-state index in [2.05, 4.69) is 4.90 Å². The topological polar surface area (TPSA) is 102 Å². The van der Waals surface area contributed by atoms with Crippen LogP contribution in [0, 0.1) is 0 Å². The number of piperidine rings is 1. The molecular formula is C19H22N2O5. The van der Waals surface area contributed by atoms with Gasteiger partial charge in [0.1, 0.15) is 0 Å². The van der Waals surface area contributed by atoms with E-state index in [1.807, 2.05) is 13.1 Å². The first-order valence-corrected chi connectivity index (χ1v) is 9.11. The fourth-order valence-electron chi connectivity index (χ4n) is 5.77. The van der Waals surface area contributed by atoms with Gasteiger partial charge in [-0.1, -0.05) is 6.07 Å². The molecule has 2 aliphatic carbocycles. The number of benzene rings is 1. The smallest absolute Gasteiger partial charge is 0.325 e. The molecule has 0 amide bonds. The zero-order chi connectivity index (χ0) is 18.3. The molecule has 1 saturated heterocycles. The van der Waals surface area contributed by atoms with Crippen molar-refractivity contribution >= 4 is 11.8 Å². The number of ether oxygens (including phenoxy) is 2. The van der Waals surface area contributed by atoms with Gasteiger partial charge in [0.15, 0.2) is 23.4 Å². The van der Waals surface area contributed by atoms with Crippen LogP contribution in [-0.4, -0.2) is 59.6 Å². The number of esters is 1. The second kappa shape index (κ2) is 5.06. The molecule has 4 aliphatic rings. The Balaban J connectivity index is 1.76. The van der Waals surface area contributed by atoms with Gasteiger partial charge in [-0.05, 0) is 44.5 Å². The van der Waals surface area contributed by atoms with Crippen molar-refractivity contribution in [2.24, 2.45) is 5.73 Å². The fraction of sp³-hybridized carbons (Fsp3) is 0.579. The Morgan fingerprint density at radius 2 is 2.27 bits per heavy atom. The molecule has 26 heavy (non-hydrogen) atoms. The number of carbonyl (C=O) groups excluding carboxylic acids is 2. The third kappa shape index (κ3) is 1.69. The molecule has 2 heterocycles. The van der Waals surface area contributed by atoms with Gasteiger partial charge in [-0.3, -0.25) is 9.59 Å². The second-order valence-electron chi connectivity index (χ2n) is 7.92. The molecule has 138 valence electrons. The van der Waals surface area contributed by atoms with Crippen molar-refractivity contribution in [1.82, 2.24) is 4.90 Å². The zero-order valence-electron chi connectivity index (χ0n) is 14.7. The van der Waals surface area contributed by atoms with Gasteiger partial charge in [-0.25, -0.2) is 0 Å². The molecule has 7 heteroatoms. The van der Waals surface area contributed by atoms with Crippen LogP contribution < -0.4 is 15.2 Å². The molecule has 7 nitrogen and oxygen atoms in total. The Morgan fingerprint density at radius 3 is 3.04 bits per heavy atom. The van der Waals surface area contributed by atoms with Crippen molar-refractivity contribution < 1.29 is 24.2 Å². The maximum atomic E-state index is 12.8. The van der Waals surface area contributed by atoms with E-state index in [4.69, 9.17) is 15.2 Å². The number of likely N-dealkylation sites (tertiary alicyclic amines) is 1. The maximum Gasteiger partial charge on any atom is 0.325 e. The number of hydrogen-bond acceptors (Lipinski definition) is 7. The molecule has 1 aromatic carbocycles. The summed E-state index contributed by atoms with van der Waals surface area (Å²) in [6.07, 6.45) is 1.35. The highest BCUT2D eigenvalue weighted by Crippen LogP contribution is 2.64. The van der Waals surface area contributed by atoms with Crippen molar-refractivity contribution in [2.75, 3.05) is 20.1 Å². The fourth-order valence-corrected chi connectivity index (χ4v) is 5.77. The average molecular weight is 358 g/mol. The van der Waals surface area contributed by atoms with Gasteiger partial charge in [-0.2, -0.15) is 0 Å². The highest BCUT2D eigenvalue weighted by Gasteiger charge is 2.72. The number of ketones is 1. The summed E-state index contributed by atoms with van der Waals surface area (Å²) in [6, 6.07) is 3.59. The first-order chi connectivity index (χ1) is 12.4. The van der Waals surface area contributed by atoms with Crippen LogP contribution in [0.3, 0.4) is 0 Å². The third-order valence-electron chi connectivity index (χ3n) is 6.90. The molecule has 0 radical (unpaired) electrons. The molecule has 3 N–H and O–H groups in total. The van der Waals surface area contributed by atoms with Crippen LogP contribution in [0.5, 0.6) is 11.5 Å². The molecule has 2 fully saturated rings. The Hall–Kier alpha value is -1.96. The normalized spacial score (nSPS) is 37.1. The highest BCUT2D eigenvalue weighted by molar-refractivity contribution is 5.90. The van der Waals surface area contributed by atoms with E-state index in [9.17, 15) is 14.7 Å². The molecule has 1 aromatic rings. The summed E-state index contributed by atoms with van der Waals surface area (Å²) in [5, 5.41) is 11.8. The molecular weight excluding hydrogens is 336 g/mol. The molecule has 2 aliphatic heterocycles. The molecule has 1 spiro atoms. The predicted octanol–water partition coefficient (Wildman–Crippen LogP) is -0.0963. The summed E-state index contributed by atoms with van der Waals surface area (Å²) >= 11 is 0. The minimum Gasteiger partial charge on any atom is -0.477 e. The van der Waals surface area contributed by atoms with Gasteiger partial charge in [0.05, 0.1) is 17.6 Å². The zero-order valence-corrected chi connectivity index (χ0v) is 14.7. The van der Waals surface area contributed by atoms with Crippen molar-refractivity contribution in [3.05, 3.63) is 23.3 Å². The summed E-state index contributed by atoms with van der Waals surface area (Å²) in [7, 11) is 2.03. The molecule has 5 rings (SSSR count). The van der Waals surface area contributed by atoms with E-state index in [0.29, 0.717) is 31.4 Å². The lowest BCUT2D eigenvalue weighted by atomic mass is 9.49. The Kier molecular flexibility index (Phi) is 3.16. The van der Waals surface area contributed by atoms with Crippen molar-refractivity contribution in [2.45, 2.75) is 48.8 Å². The van der Waals surface area contributed by atoms with E-state index in [0.717, 1.165) is 17.7 Å². The SMILES string of the molecule is CN1CC[C@]23c4c5ccc(OC(=O)CN)c4O[C@H]2C(=O)CC[C@@]3(O)[C@H]1C5. The lowest BCUT2D eigenvalue weighted by molar-refractivity contribution is -0.185. The molecule has 2 bridgehead atoms. The molecule has 4 atom stereocenters. The van der Waals surface area contributed by atoms with Gasteiger partial charge in [0.2, 0.25) is 0 Å².